The van der Waals surface area contributed by atoms with E-state index in [4.69, 9.17) is 37.0 Å². The molecular weight excluding hydrogens is 1170 g/mol. The van der Waals surface area contributed by atoms with Crippen LogP contribution < -0.4 is 0 Å². The van der Waals surface area contributed by atoms with E-state index in [1.165, 1.54) is 167 Å². The molecule has 0 saturated heterocycles. The van der Waals surface area contributed by atoms with Crippen molar-refractivity contribution >= 4 is 39.5 Å². The van der Waals surface area contributed by atoms with Gasteiger partial charge in [-0.1, -0.05) is 305 Å². The molecule has 5 atom stereocenters. The van der Waals surface area contributed by atoms with E-state index in [-0.39, 0.29) is 25.7 Å². The average molecular weight is 1310 g/mol. The van der Waals surface area contributed by atoms with Crippen molar-refractivity contribution in [2.45, 2.75) is 374 Å². The average Bonchev–Trinajstić information content (AvgIpc) is 3.70. The third kappa shape index (κ3) is 64.6. The molecular formula is C70H136O17P2. The Labute approximate surface area is 543 Å². The van der Waals surface area contributed by atoms with Crippen molar-refractivity contribution in [1.29, 1.82) is 0 Å². The van der Waals surface area contributed by atoms with Gasteiger partial charge in [0.15, 0.2) is 12.2 Å². The maximum Gasteiger partial charge on any atom is 0.472 e. The van der Waals surface area contributed by atoms with Crippen molar-refractivity contribution in [3.63, 3.8) is 0 Å². The van der Waals surface area contributed by atoms with E-state index in [1.807, 2.05) is 0 Å². The van der Waals surface area contributed by atoms with Crippen LogP contribution in [0.4, 0.5) is 0 Å². The second-order valence-corrected chi connectivity index (χ2v) is 29.1. The Morgan fingerprint density at radius 2 is 0.517 bits per heavy atom. The fraction of sp³-hybridized carbons (Fsp3) is 0.943. The Balaban J connectivity index is 5.24. The molecule has 0 rings (SSSR count). The smallest absolute Gasteiger partial charge is 0.462 e. The van der Waals surface area contributed by atoms with Crippen LogP contribution in [0.3, 0.4) is 0 Å². The molecule has 0 amide bonds. The van der Waals surface area contributed by atoms with Crippen LogP contribution in [0.15, 0.2) is 0 Å². The number of aliphatic hydroxyl groups excluding tert-OH is 1. The zero-order chi connectivity index (χ0) is 65.7. The van der Waals surface area contributed by atoms with Crippen LogP contribution >= 0.6 is 15.6 Å². The fourth-order valence-electron chi connectivity index (χ4n) is 10.6. The molecule has 3 N–H and O–H groups in total. The summed E-state index contributed by atoms with van der Waals surface area (Å²) in [4.78, 5) is 72.5. The summed E-state index contributed by atoms with van der Waals surface area (Å²) in [5.41, 5.74) is 0. The summed E-state index contributed by atoms with van der Waals surface area (Å²) in [6.45, 7) is 9.45. The lowest BCUT2D eigenvalue weighted by Gasteiger charge is -2.21. The molecule has 0 aliphatic heterocycles. The van der Waals surface area contributed by atoms with Crippen LogP contribution in [0.2, 0.25) is 0 Å². The van der Waals surface area contributed by atoms with Gasteiger partial charge >= 0.3 is 39.5 Å². The zero-order valence-electron chi connectivity index (χ0n) is 57.7. The lowest BCUT2D eigenvalue weighted by atomic mass is 10.0. The number of hydrogen-bond donors (Lipinski definition) is 3. The van der Waals surface area contributed by atoms with E-state index in [0.29, 0.717) is 31.6 Å². The first kappa shape index (κ1) is 87.1. The summed E-state index contributed by atoms with van der Waals surface area (Å²) in [7, 11) is -9.90. The van der Waals surface area contributed by atoms with Gasteiger partial charge in [0.2, 0.25) is 0 Å². The van der Waals surface area contributed by atoms with Crippen LogP contribution in [0.5, 0.6) is 0 Å². The zero-order valence-corrected chi connectivity index (χ0v) is 59.5. The van der Waals surface area contributed by atoms with Crippen molar-refractivity contribution in [2.24, 2.45) is 11.8 Å². The van der Waals surface area contributed by atoms with Gasteiger partial charge in [0, 0.05) is 25.7 Å². The van der Waals surface area contributed by atoms with Crippen LogP contribution in [-0.4, -0.2) is 96.7 Å². The Hall–Kier alpha value is -1.94. The number of carbonyl (C=O) groups excluding carboxylic acids is 4. The third-order valence-corrected chi connectivity index (χ3v) is 18.1. The minimum atomic E-state index is -4.95. The molecule has 0 heterocycles. The standard InChI is InChI=1S/C70H136O17P2/c1-7-9-11-13-15-17-19-21-23-25-29-33-40-46-52-67(72)80-58-65(86-69(74)54-48-42-34-30-26-24-22-20-18-16-14-12-10-8-2)60-84-88(76,77)82-56-64(71)57-83-89(78,79)85-61-66(59-81-68(73)53-47-41-37-36-39-45-51-63(5)6)87-70(75)55-49-43-35-31-27-28-32-38-44-50-62(3)4/h62-66,71H,7-61H2,1-6H3,(H,76,77)(H,78,79)/t64-,65-,66-/m1/s1. The number of hydrogen-bond acceptors (Lipinski definition) is 15. The van der Waals surface area contributed by atoms with E-state index < -0.39 is 97.5 Å². The van der Waals surface area contributed by atoms with E-state index in [1.54, 1.807) is 0 Å². The summed E-state index contributed by atoms with van der Waals surface area (Å²) in [5.74, 6) is -0.709. The number of carbonyl (C=O) groups is 4. The molecule has 0 bridgehead atoms. The number of rotatable bonds is 69. The lowest BCUT2D eigenvalue weighted by molar-refractivity contribution is -0.161. The first-order chi connectivity index (χ1) is 42.9. The van der Waals surface area contributed by atoms with E-state index in [2.05, 4.69) is 41.5 Å². The highest BCUT2D eigenvalue weighted by atomic mass is 31.2. The molecule has 0 saturated carbocycles. The molecule has 0 aliphatic rings. The number of ether oxygens (including phenoxy) is 4. The summed E-state index contributed by atoms with van der Waals surface area (Å²) >= 11 is 0. The largest absolute Gasteiger partial charge is 0.472 e. The SMILES string of the molecule is CCCCCCCCCCCCCCCCC(=O)OC[C@H](COP(=O)(O)OC[C@@H](O)COP(=O)(O)OC[C@@H](COC(=O)CCCCCCCCC(C)C)OC(=O)CCCCCCCCCCCC(C)C)OC(=O)CCCCCCCCCCCCCCCC. The van der Waals surface area contributed by atoms with E-state index in [0.717, 1.165) is 102 Å². The molecule has 0 aromatic rings. The van der Waals surface area contributed by atoms with Crippen LogP contribution in [0, 0.1) is 11.8 Å². The van der Waals surface area contributed by atoms with Gasteiger partial charge in [-0.05, 0) is 37.5 Å². The number of aliphatic hydroxyl groups is 1. The van der Waals surface area contributed by atoms with Gasteiger partial charge in [-0.3, -0.25) is 37.3 Å². The monoisotopic (exact) mass is 1310 g/mol. The van der Waals surface area contributed by atoms with Gasteiger partial charge in [0.1, 0.15) is 19.3 Å². The van der Waals surface area contributed by atoms with Crippen LogP contribution in [0.25, 0.3) is 0 Å². The van der Waals surface area contributed by atoms with Crippen molar-refractivity contribution < 1.29 is 80.2 Å². The molecule has 0 radical (unpaired) electrons. The molecule has 528 valence electrons. The van der Waals surface area contributed by atoms with E-state index >= 15 is 0 Å². The van der Waals surface area contributed by atoms with Crippen molar-refractivity contribution in [2.75, 3.05) is 39.6 Å². The molecule has 0 aromatic carbocycles. The summed E-state index contributed by atoms with van der Waals surface area (Å²) in [6, 6.07) is 0. The number of unbranched alkanes of at least 4 members (excludes halogenated alkanes) is 39. The Kier molecular flexibility index (Phi) is 60.8. The minimum Gasteiger partial charge on any atom is -0.462 e. The fourth-order valence-corrected chi connectivity index (χ4v) is 12.2. The number of phosphoric acid groups is 2. The Bertz CT molecular complexity index is 1730. The van der Waals surface area contributed by atoms with Gasteiger partial charge in [0.05, 0.1) is 26.4 Å². The van der Waals surface area contributed by atoms with Gasteiger partial charge in [-0.2, -0.15) is 0 Å². The first-order valence-electron chi connectivity index (χ1n) is 36.5. The molecule has 89 heavy (non-hydrogen) atoms. The first-order valence-corrected chi connectivity index (χ1v) is 39.5. The molecule has 0 fully saturated rings. The van der Waals surface area contributed by atoms with Crippen LogP contribution in [0.1, 0.15) is 356 Å². The maximum absolute atomic E-state index is 13.0. The van der Waals surface area contributed by atoms with Crippen molar-refractivity contribution in [1.82, 2.24) is 0 Å². The van der Waals surface area contributed by atoms with Gasteiger partial charge in [-0.15, -0.1) is 0 Å². The summed E-state index contributed by atoms with van der Waals surface area (Å²) < 4.78 is 68.3. The second kappa shape index (κ2) is 62.2. The van der Waals surface area contributed by atoms with Gasteiger partial charge in [0.25, 0.3) is 0 Å². The van der Waals surface area contributed by atoms with Gasteiger partial charge < -0.3 is 33.8 Å². The highest BCUT2D eigenvalue weighted by molar-refractivity contribution is 7.47. The Morgan fingerprint density at radius 1 is 0.303 bits per heavy atom. The topological polar surface area (TPSA) is 237 Å². The van der Waals surface area contributed by atoms with Gasteiger partial charge in [-0.25, -0.2) is 9.13 Å². The van der Waals surface area contributed by atoms with Crippen molar-refractivity contribution in [3.05, 3.63) is 0 Å². The third-order valence-electron chi connectivity index (χ3n) is 16.2. The quantitative estimate of drug-likeness (QED) is 0.0222. The lowest BCUT2D eigenvalue weighted by Crippen LogP contribution is -2.30. The van der Waals surface area contributed by atoms with Crippen LogP contribution in [-0.2, 0) is 65.4 Å². The molecule has 19 heteroatoms. The van der Waals surface area contributed by atoms with E-state index in [9.17, 15) is 43.2 Å². The summed E-state index contributed by atoms with van der Waals surface area (Å²) in [6.07, 6.45) is 47.3. The molecule has 0 aliphatic carbocycles. The highest BCUT2D eigenvalue weighted by Gasteiger charge is 2.30. The summed E-state index contributed by atoms with van der Waals surface area (Å²) in [5, 5.41) is 10.6. The molecule has 0 aromatic heterocycles. The number of phosphoric ester groups is 2. The predicted octanol–water partition coefficient (Wildman–Crippen LogP) is 20.0. The van der Waals surface area contributed by atoms with Crippen molar-refractivity contribution in [3.8, 4) is 0 Å². The second-order valence-electron chi connectivity index (χ2n) is 26.2. The highest BCUT2D eigenvalue weighted by Crippen LogP contribution is 2.45. The Morgan fingerprint density at radius 3 is 0.764 bits per heavy atom. The predicted molar refractivity (Wildman–Crippen MR) is 358 cm³/mol. The molecule has 2 unspecified atom stereocenters. The maximum atomic E-state index is 13.0. The minimum absolute atomic E-state index is 0.104. The molecule has 17 nitrogen and oxygen atoms in total. The normalized spacial score (nSPS) is 14.1. The molecule has 0 spiro atoms. The number of esters is 4.